The standard InChI is InChI=1S/C46H54BNOS/c1-42(2,3)27-17-18-38-31(24-27)40-41(50-38)47-34-25-32-33(46(12,13)20-19-45(32,10)11)26-36(34)48(35-15-14-16-37(49-40)39(35)47)30-22-28(43(4,5)6)21-29(23-30)44(7,8)9/h14-18,21-26H,19-20H2,1-13H3. The summed E-state index contributed by atoms with van der Waals surface area (Å²) in [5.74, 6) is 2.03. The first-order valence-electron chi connectivity index (χ1n) is 18.7. The van der Waals surface area contributed by atoms with Crippen molar-refractivity contribution in [3.05, 3.63) is 94.5 Å². The molecule has 0 saturated heterocycles. The highest BCUT2D eigenvalue weighted by molar-refractivity contribution is 7.33. The van der Waals surface area contributed by atoms with E-state index in [1.165, 1.54) is 83.5 Å². The number of rotatable bonds is 1. The van der Waals surface area contributed by atoms with Crippen molar-refractivity contribution < 1.29 is 4.74 Å². The van der Waals surface area contributed by atoms with Crippen LogP contribution in [-0.4, -0.2) is 6.71 Å². The first-order valence-corrected chi connectivity index (χ1v) is 19.5. The summed E-state index contributed by atoms with van der Waals surface area (Å²) in [6.07, 6.45) is 2.38. The molecule has 0 saturated carbocycles. The molecule has 0 fully saturated rings. The minimum atomic E-state index is 0.0101. The quantitative estimate of drug-likeness (QED) is 0.160. The molecule has 0 spiro atoms. The molecule has 1 aromatic heterocycles. The van der Waals surface area contributed by atoms with Gasteiger partial charge in [0.2, 0.25) is 0 Å². The number of hydrogen-bond acceptors (Lipinski definition) is 3. The van der Waals surface area contributed by atoms with Gasteiger partial charge in [-0.15, -0.1) is 11.3 Å². The minimum Gasteiger partial charge on any atom is -0.457 e. The Balaban J connectivity index is 1.47. The Kier molecular flexibility index (Phi) is 7.09. The molecule has 0 atom stereocenters. The molecule has 4 aromatic carbocycles. The molecule has 3 aliphatic rings. The van der Waals surface area contributed by atoms with E-state index in [1.54, 1.807) is 0 Å². The summed E-state index contributed by atoms with van der Waals surface area (Å²) in [7, 11) is 0. The van der Waals surface area contributed by atoms with Gasteiger partial charge in [-0.05, 0) is 121 Å². The van der Waals surface area contributed by atoms with Crippen molar-refractivity contribution in [2.45, 2.75) is 130 Å². The number of benzene rings is 4. The Morgan fingerprint density at radius 2 is 1.26 bits per heavy atom. The van der Waals surface area contributed by atoms with Crippen LogP contribution in [0.2, 0.25) is 0 Å². The number of nitrogens with zero attached hydrogens (tertiary/aromatic N) is 1. The zero-order chi connectivity index (χ0) is 35.9. The predicted octanol–water partition coefficient (Wildman–Crippen LogP) is 11.5. The number of hydrogen-bond donors (Lipinski definition) is 0. The fourth-order valence-corrected chi connectivity index (χ4v) is 9.80. The summed E-state index contributed by atoms with van der Waals surface area (Å²) >= 11 is 1.92. The van der Waals surface area contributed by atoms with Crippen molar-refractivity contribution in [1.29, 1.82) is 0 Å². The van der Waals surface area contributed by atoms with Gasteiger partial charge in [0.25, 0.3) is 6.71 Å². The number of anilines is 3. The van der Waals surface area contributed by atoms with Crippen LogP contribution in [0.15, 0.2) is 66.7 Å². The SMILES string of the molecule is CC(C)(C)c1cc(N2c3cc4c(cc3B3c5sc6ccc(C(C)(C)C)cc6c5Oc5cccc2c53)C(C)(C)CCC4(C)C)cc(C(C)(C)C)c1. The van der Waals surface area contributed by atoms with E-state index in [-0.39, 0.29) is 33.8 Å². The Morgan fingerprint density at radius 3 is 1.86 bits per heavy atom. The fraction of sp³-hybridized carbons (Fsp3) is 0.435. The normalized spacial score (nSPS) is 17.5. The molecule has 258 valence electrons. The van der Waals surface area contributed by atoms with Gasteiger partial charge < -0.3 is 9.64 Å². The Labute approximate surface area is 305 Å². The van der Waals surface area contributed by atoms with Crippen LogP contribution in [0.1, 0.15) is 131 Å². The first kappa shape index (κ1) is 33.6. The molecule has 5 aromatic rings. The van der Waals surface area contributed by atoms with E-state index in [0.29, 0.717) is 0 Å². The lowest BCUT2D eigenvalue weighted by atomic mass is 9.36. The lowest BCUT2D eigenvalue weighted by molar-refractivity contribution is 0.332. The van der Waals surface area contributed by atoms with Gasteiger partial charge in [-0.25, -0.2) is 0 Å². The smallest absolute Gasteiger partial charge is 0.268 e. The molecule has 2 nitrogen and oxygen atoms in total. The van der Waals surface area contributed by atoms with Crippen LogP contribution in [0.3, 0.4) is 0 Å². The average molecular weight is 680 g/mol. The monoisotopic (exact) mass is 679 g/mol. The van der Waals surface area contributed by atoms with Gasteiger partial charge >= 0.3 is 0 Å². The third kappa shape index (κ3) is 5.10. The first-order chi connectivity index (χ1) is 23.1. The topological polar surface area (TPSA) is 12.5 Å². The lowest BCUT2D eigenvalue weighted by Gasteiger charge is -2.45. The van der Waals surface area contributed by atoms with E-state index >= 15 is 0 Å². The van der Waals surface area contributed by atoms with Gasteiger partial charge in [0, 0.05) is 31.9 Å². The second-order valence-electron chi connectivity index (χ2n) is 19.8. The Morgan fingerprint density at radius 1 is 0.660 bits per heavy atom. The zero-order valence-corrected chi connectivity index (χ0v) is 33.4. The minimum absolute atomic E-state index is 0.0101. The van der Waals surface area contributed by atoms with Gasteiger partial charge in [0.05, 0.1) is 0 Å². The molecule has 0 bridgehead atoms. The predicted molar refractivity (Wildman–Crippen MR) is 219 cm³/mol. The van der Waals surface area contributed by atoms with Crippen LogP contribution >= 0.6 is 11.3 Å². The van der Waals surface area contributed by atoms with Crippen LogP contribution in [0.25, 0.3) is 10.1 Å². The van der Waals surface area contributed by atoms with E-state index in [9.17, 15) is 0 Å². The highest BCUT2D eigenvalue weighted by Crippen LogP contribution is 2.51. The second-order valence-corrected chi connectivity index (χ2v) is 20.9. The van der Waals surface area contributed by atoms with Gasteiger partial charge in [-0.3, -0.25) is 0 Å². The van der Waals surface area contributed by atoms with Gasteiger partial charge in [0.15, 0.2) is 0 Å². The maximum atomic E-state index is 7.07. The third-order valence-corrected chi connectivity index (χ3v) is 13.3. The van der Waals surface area contributed by atoms with Gasteiger partial charge in [-0.1, -0.05) is 114 Å². The van der Waals surface area contributed by atoms with E-state index in [2.05, 4.69) is 162 Å². The lowest BCUT2D eigenvalue weighted by Crippen LogP contribution is -2.59. The molecule has 1 aliphatic carbocycles. The van der Waals surface area contributed by atoms with Crippen LogP contribution in [0.4, 0.5) is 17.1 Å². The van der Waals surface area contributed by atoms with Crippen LogP contribution in [0, 0.1) is 0 Å². The number of fused-ring (bicyclic) bond motifs is 7. The molecule has 8 rings (SSSR count). The maximum absolute atomic E-state index is 7.07. The molecule has 2 aliphatic heterocycles. The molecular weight excluding hydrogens is 625 g/mol. The molecule has 0 radical (unpaired) electrons. The highest BCUT2D eigenvalue weighted by Gasteiger charge is 2.46. The maximum Gasteiger partial charge on any atom is 0.268 e. The zero-order valence-electron chi connectivity index (χ0n) is 32.6. The van der Waals surface area contributed by atoms with E-state index < -0.39 is 0 Å². The van der Waals surface area contributed by atoms with Crippen molar-refractivity contribution in [2.24, 2.45) is 0 Å². The largest absolute Gasteiger partial charge is 0.457 e. The molecule has 0 N–H and O–H groups in total. The summed E-state index contributed by atoms with van der Waals surface area (Å²) in [4.78, 5) is 2.59. The van der Waals surface area contributed by atoms with Gasteiger partial charge in [0.1, 0.15) is 11.5 Å². The molecular formula is C46H54BNOS. The molecule has 0 unspecified atom stereocenters. The van der Waals surface area contributed by atoms with E-state index in [1.807, 2.05) is 11.3 Å². The van der Waals surface area contributed by atoms with Crippen LogP contribution < -0.4 is 25.3 Å². The molecule has 3 heterocycles. The summed E-state index contributed by atoms with van der Waals surface area (Å²) in [5, 5.41) is 1.24. The summed E-state index contributed by atoms with van der Waals surface area (Å²) in [6, 6.07) is 26.3. The molecule has 50 heavy (non-hydrogen) atoms. The number of ether oxygens (including phenoxy) is 1. The van der Waals surface area contributed by atoms with Crippen LogP contribution in [0.5, 0.6) is 11.5 Å². The Bertz CT molecular complexity index is 2180. The second kappa shape index (κ2) is 10.5. The van der Waals surface area contributed by atoms with Crippen molar-refractivity contribution >= 4 is 60.9 Å². The fourth-order valence-electron chi connectivity index (χ4n) is 8.56. The highest BCUT2D eigenvalue weighted by atomic mass is 32.1. The average Bonchev–Trinajstić information content (AvgIpc) is 3.39. The van der Waals surface area contributed by atoms with Crippen molar-refractivity contribution in [3.8, 4) is 11.5 Å². The van der Waals surface area contributed by atoms with Crippen molar-refractivity contribution in [2.75, 3.05) is 4.90 Å². The van der Waals surface area contributed by atoms with Crippen LogP contribution in [-0.2, 0) is 27.1 Å². The summed E-state index contributed by atoms with van der Waals surface area (Å²) < 4.78 is 9.70. The van der Waals surface area contributed by atoms with E-state index in [0.717, 1.165) is 11.5 Å². The summed E-state index contributed by atoms with van der Waals surface area (Å²) in [6.45, 7) is 30.9. The van der Waals surface area contributed by atoms with Gasteiger partial charge in [-0.2, -0.15) is 0 Å². The van der Waals surface area contributed by atoms with E-state index in [4.69, 9.17) is 4.74 Å². The third-order valence-electron chi connectivity index (χ3n) is 12.0. The van der Waals surface area contributed by atoms with Crippen molar-refractivity contribution in [1.82, 2.24) is 0 Å². The summed E-state index contributed by atoms with van der Waals surface area (Å²) in [5.41, 5.74) is 13.8. The molecule has 0 amide bonds. The van der Waals surface area contributed by atoms with Crippen molar-refractivity contribution in [3.63, 3.8) is 0 Å². The number of thiophene rings is 1. The molecule has 4 heteroatoms. The Hall–Kier alpha value is -3.50.